The Bertz CT molecular complexity index is 609. The van der Waals surface area contributed by atoms with Crippen LogP contribution >= 0.6 is 15.9 Å². The standard InChI is InChI=1S/C15H18BrN3O/c1-2-17-9-14-3-5-19(18-14)10-12-8-13(16)7-11-4-6-20-15(11)12/h3,5,7-8,17H,2,4,6,9-10H2,1H3. The Balaban J connectivity index is 1.79. The molecule has 5 heteroatoms. The third-order valence-corrected chi connectivity index (χ3v) is 3.87. The van der Waals surface area contributed by atoms with Crippen LogP contribution in [-0.2, 0) is 19.5 Å². The minimum absolute atomic E-state index is 0.744. The largest absolute Gasteiger partial charge is 0.493 e. The Labute approximate surface area is 127 Å². The number of rotatable bonds is 5. The van der Waals surface area contributed by atoms with Crippen LogP contribution in [0.3, 0.4) is 0 Å². The van der Waals surface area contributed by atoms with Gasteiger partial charge in [-0.3, -0.25) is 4.68 Å². The maximum absolute atomic E-state index is 5.75. The van der Waals surface area contributed by atoms with Gasteiger partial charge in [-0.1, -0.05) is 22.9 Å². The molecule has 4 nitrogen and oxygen atoms in total. The first-order valence-electron chi connectivity index (χ1n) is 6.93. The summed E-state index contributed by atoms with van der Waals surface area (Å²) >= 11 is 3.57. The van der Waals surface area contributed by atoms with Crippen molar-refractivity contribution in [3.8, 4) is 5.75 Å². The fourth-order valence-electron chi connectivity index (χ4n) is 2.48. The smallest absolute Gasteiger partial charge is 0.127 e. The van der Waals surface area contributed by atoms with Crippen molar-refractivity contribution in [2.24, 2.45) is 0 Å². The first kappa shape index (κ1) is 13.6. The molecule has 0 spiro atoms. The lowest BCUT2D eigenvalue weighted by molar-refractivity contribution is 0.352. The lowest BCUT2D eigenvalue weighted by Crippen LogP contribution is -2.12. The minimum Gasteiger partial charge on any atom is -0.493 e. The molecule has 0 aliphatic carbocycles. The zero-order valence-electron chi connectivity index (χ0n) is 11.5. The second-order valence-electron chi connectivity index (χ2n) is 4.94. The zero-order valence-corrected chi connectivity index (χ0v) is 13.1. The number of nitrogens with one attached hydrogen (secondary N) is 1. The van der Waals surface area contributed by atoms with E-state index < -0.39 is 0 Å². The molecule has 1 N–H and O–H groups in total. The molecule has 2 heterocycles. The summed E-state index contributed by atoms with van der Waals surface area (Å²) in [5, 5.41) is 7.87. The summed E-state index contributed by atoms with van der Waals surface area (Å²) in [4.78, 5) is 0. The molecule has 2 aromatic rings. The van der Waals surface area contributed by atoms with Crippen molar-refractivity contribution in [1.29, 1.82) is 0 Å². The van der Waals surface area contributed by atoms with Crippen molar-refractivity contribution in [3.05, 3.63) is 45.7 Å². The van der Waals surface area contributed by atoms with Crippen LogP contribution in [0.25, 0.3) is 0 Å². The first-order chi connectivity index (χ1) is 9.76. The van der Waals surface area contributed by atoms with Crippen LogP contribution in [0.1, 0.15) is 23.7 Å². The van der Waals surface area contributed by atoms with E-state index in [9.17, 15) is 0 Å². The third-order valence-electron chi connectivity index (χ3n) is 3.41. The van der Waals surface area contributed by atoms with Gasteiger partial charge in [-0.05, 0) is 30.3 Å². The average Bonchev–Trinajstić information content (AvgIpc) is 3.05. The second-order valence-corrected chi connectivity index (χ2v) is 5.85. The highest BCUT2D eigenvalue weighted by atomic mass is 79.9. The summed E-state index contributed by atoms with van der Waals surface area (Å²) < 4.78 is 8.83. The number of benzene rings is 1. The van der Waals surface area contributed by atoms with Gasteiger partial charge >= 0.3 is 0 Å². The van der Waals surface area contributed by atoms with Gasteiger partial charge in [-0.15, -0.1) is 0 Å². The Kier molecular flexibility index (Phi) is 4.08. The van der Waals surface area contributed by atoms with Gasteiger partial charge in [0, 0.05) is 29.2 Å². The highest BCUT2D eigenvalue weighted by molar-refractivity contribution is 9.10. The van der Waals surface area contributed by atoms with Crippen LogP contribution in [0.2, 0.25) is 0 Å². The Morgan fingerprint density at radius 1 is 1.45 bits per heavy atom. The van der Waals surface area contributed by atoms with Gasteiger partial charge in [-0.2, -0.15) is 5.10 Å². The number of hydrogen-bond acceptors (Lipinski definition) is 3. The average molecular weight is 336 g/mol. The molecule has 0 saturated heterocycles. The zero-order chi connectivity index (χ0) is 13.9. The van der Waals surface area contributed by atoms with Crippen LogP contribution < -0.4 is 10.1 Å². The van der Waals surface area contributed by atoms with Crippen LogP contribution in [0, 0.1) is 0 Å². The predicted octanol–water partition coefficient (Wildman–Crippen LogP) is 2.74. The topological polar surface area (TPSA) is 39.1 Å². The highest BCUT2D eigenvalue weighted by Gasteiger charge is 2.17. The minimum atomic E-state index is 0.744. The molecule has 0 saturated carbocycles. The molecular weight excluding hydrogens is 318 g/mol. The van der Waals surface area contributed by atoms with E-state index in [1.807, 2.05) is 10.9 Å². The van der Waals surface area contributed by atoms with E-state index in [-0.39, 0.29) is 0 Å². The van der Waals surface area contributed by atoms with Gasteiger partial charge in [0.15, 0.2) is 0 Å². The van der Waals surface area contributed by atoms with Crippen molar-refractivity contribution >= 4 is 15.9 Å². The molecule has 20 heavy (non-hydrogen) atoms. The van der Waals surface area contributed by atoms with E-state index >= 15 is 0 Å². The molecule has 0 amide bonds. The molecule has 1 aliphatic rings. The van der Waals surface area contributed by atoms with Gasteiger partial charge in [0.1, 0.15) is 5.75 Å². The molecule has 3 rings (SSSR count). The van der Waals surface area contributed by atoms with Gasteiger partial charge in [0.25, 0.3) is 0 Å². The molecule has 1 aromatic heterocycles. The van der Waals surface area contributed by atoms with Gasteiger partial charge < -0.3 is 10.1 Å². The van der Waals surface area contributed by atoms with Crippen molar-refractivity contribution in [3.63, 3.8) is 0 Å². The lowest BCUT2D eigenvalue weighted by Gasteiger charge is -2.09. The summed E-state index contributed by atoms with van der Waals surface area (Å²) in [7, 11) is 0. The summed E-state index contributed by atoms with van der Waals surface area (Å²) in [6.07, 6.45) is 3.02. The van der Waals surface area contributed by atoms with Crippen LogP contribution in [0.4, 0.5) is 0 Å². The van der Waals surface area contributed by atoms with Crippen LogP contribution in [0.15, 0.2) is 28.9 Å². The number of nitrogens with zero attached hydrogens (tertiary/aromatic N) is 2. The summed E-state index contributed by atoms with van der Waals surface area (Å²) in [6.45, 7) is 5.40. The highest BCUT2D eigenvalue weighted by Crippen LogP contribution is 2.33. The van der Waals surface area contributed by atoms with E-state index in [1.54, 1.807) is 0 Å². The molecule has 0 bridgehead atoms. The quantitative estimate of drug-likeness (QED) is 0.913. The lowest BCUT2D eigenvalue weighted by atomic mass is 10.1. The van der Waals surface area contributed by atoms with E-state index in [2.05, 4.69) is 51.5 Å². The van der Waals surface area contributed by atoms with Gasteiger partial charge in [0.05, 0.1) is 18.8 Å². The molecule has 0 fully saturated rings. The normalized spacial score (nSPS) is 13.3. The molecule has 0 radical (unpaired) electrons. The number of fused-ring (bicyclic) bond motifs is 1. The Hall–Kier alpha value is -1.33. The molecule has 1 aliphatic heterocycles. The number of ether oxygens (including phenoxy) is 1. The first-order valence-corrected chi connectivity index (χ1v) is 7.72. The van der Waals surface area contributed by atoms with Crippen molar-refractivity contribution in [2.75, 3.05) is 13.2 Å². The maximum Gasteiger partial charge on any atom is 0.127 e. The van der Waals surface area contributed by atoms with Crippen LogP contribution in [-0.4, -0.2) is 22.9 Å². The van der Waals surface area contributed by atoms with E-state index in [0.29, 0.717) is 0 Å². The van der Waals surface area contributed by atoms with Crippen molar-refractivity contribution < 1.29 is 4.74 Å². The number of aromatic nitrogens is 2. The molecule has 0 unspecified atom stereocenters. The third kappa shape index (κ3) is 2.88. The fraction of sp³-hybridized carbons (Fsp3) is 0.400. The summed E-state index contributed by atoms with van der Waals surface area (Å²) in [5.41, 5.74) is 3.54. The number of hydrogen-bond donors (Lipinski definition) is 1. The summed E-state index contributed by atoms with van der Waals surface area (Å²) in [5.74, 6) is 1.04. The Morgan fingerprint density at radius 2 is 2.35 bits per heavy atom. The monoisotopic (exact) mass is 335 g/mol. The SMILES string of the molecule is CCNCc1ccn(Cc2cc(Br)cc3c2OCC3)n1. The van der Waals surface area contributed by atoms with Crippen molar-refractivity contribution in [2.45, 2.75) is 26.4 Å². The second kappa shape index (κ2) is 5.97. The molecule has 1 aromatic carbocycles. The van der Waals surface area contributed by atoms with Gasteiger partial charge in [0.2, 0.25) is 0 Å². The predicted molar refractivity (Wildman–Crippen MR) is 82.1 cm³/mol. The van der Waals surface area contributed by atoms with Gasteiger partial charge in [-0.25, -0.2) is 0 Å². The summed E-state index contributed by atoms with van der Waals surface area (Å²) in [6, 6.07) is 6.32. The molecular formula is C15H18BrN3O. The van der Waals surface area contributed by atoms with Crippen molar-refractivity contribution in [1.82, 2.24) is 15.1 Å². The fourth-order valence-corrected chi connectivity index (χ4v) is 3.03. The van der Waals surface area contributed by atoms with E-state index in [0.717, 1.165) is 48.6 Å². The number of halogens is 1. The van der Waals surface area contributed by atoms with Crippen LogP contribution in [0.5, 0.6) is 5.75 Å². The molecule has 0 atom stereocenters. The maximum atomic E-state index is 5.75. The van der Waals surface area contributed by atoms with E-state index in [1.165, 1.54) is 11.1 Å². The Morgan fingerprint density at radius 3 is 3.20 bits per heavy atom. The van der Waals surface area contributed by atoms with E-state index in [4.69, 9.17) is 4.74 Å². The molecule has 106 valence electrons.